The molecule has 92 valence electrons. The Morgan fingerprint density at radius 3 is 3.17 bits per heavy atom. The molecule has 0 aliphatic carbocycles. The number of hydrogen-bond acceptors (Lipinski definition) is 3. The molecule has 3 rings (SSSR count). The number of nitrogens with one attached hydrogen (secondary N) is 2. The quantitative estimate of drug-likeness (QED) is 0.751. The van der Waals surface area contributed by atoms with Gasteiger partial charge in [-0.3, -0.25) is 0 Å². The van der Waals surface area contributed by atoms with Gasteiger partial charge in [-0.25, -0.2) is 4.98 Å². The standard InChI is InChI=1S/C14H15N3S/c1-10(14-16-7-8-18-14)17-9-11-3-2-4-13-12(11)5-6-15-13/h2-8,10,15,17H,9H2,1H3. The predicted octanol–water partition coefficient (Wildman–Crippen LogP) is 3.48. The molecule has 0 bridgehead atoms. The Labute approximate surface area is 110 Å². The highest BCUT2D eigenvalue weighted by Crippen LogP contribution is 2.19. The predicted molar refractivity (Wildman–Crippen MR) is 75.7 cm³/mol. The van der Waals surface area contributed by atoms with Crippen LogP contribution < -0.4 is 5.32 Å². The maximum Gasteiger partial charge on any atom is 0.109 e. The Balaban J connectivity index is 1.75. The van der Waals surface area contributed by atoms with Gasteiger partial charge in [0.25, 0.3) is 0 Å². The normalized spacial score (nSPS) is 12.9. The molecule has 0 spiro atoms. The van der Waals surface area contributed by atoms with E-state index in [-0.39, 0.29) is 0 Å². The second-order valence-electron chi connectivity index (χ2n) is 4.33. The summed E-state index contributed by atoms with van der Waals surface area (Å²) >= 11 is 1.69. The van der Waals surface area contributed by atoms with Gasteiger partial charge in [-0.15, -0.1) is 11.3 Å². The summed E-state index contributed by atoms with van der Waals surface area (Å²) in [6.07, 6.45) is 3.84. The summed E-state index contributed by atoms with van der Waals surface area (Å²) in [5, 5.41) is 7.96. The van der Waals surface area contributed by atoms with Gasteiger partial charge in [-0.1, -0.05) is 12.1 Å². The van der Waals surface area contributed by atoms with Crippen LogP contribution in [0.25, 0.3) is 10.9 Å². The Morgan fingerprint density at radius 1 is 1.39 bits per heavy atom. The first-order chi connectivity index (χ1) is 8.84. The fraction of sp³-hybridized carbons (Fsp3) is 0.214. The molecule has 0 aliphatic rings. The van der Waals surface area contributed by atoms with Crippen LogP contribution in [0.15, 0.2) is 42.0 Å². The van der Waals surface area contributed by atoms with Crippen LogP contribution in [0.2, 0.25) is 0 Å². The summed E-state index contributed by atoms with van der Waals surface area (Å²) < 4.78 is 0. The highest BCUT2D eigenvalue weighted by atomic mass is 32.1. The second-order valence-corrected chi connectivity index (χ2v) is 5.26. The van der Waals surface area contributed by atoms with Crippen molar-refractivity contribution in [2.24, 2.45) is 0 Å². The van der Waals surface area contributed by atoms with Gasteiger partial charge in [0.2, 0.25) is 0 Å². The zero-order valence-corrected chi connectivity index (χ0v) is 11.0. The third-order valence-electron chi connectivity index (χ3n) is 3.11. The number of nitrogens with zero attached hydrogens (tertiary/aromatic N) is 1. The van der Waals surface area contributed by atoms with E-state index in [0.717, 1.165) is 11.6 Å². The van der Waals surface area contributed by atoms with E-state index >= 15 is 0 Å². The molecule has 0 aliphatic heterocycles. The van der Waals surface area contributed by atoms with Crippen LogP contribution in [0.4, 0.5) is 0 Å². The monoisotopic (exact) mass is 257 g/mol. The van der Waals surface area contributed by atoms with Gasteiger partial charge in [-0.2, -0.15) is 0 Å². The molecule has 1 unspecified atom stereocenters. The minimum atomic E-state index is 0.291. The molecule has 4 heteroatoms. The van der Waals surface area contributed by atoms with E-state index < -0.39 is 0 Å². The SMILES string of the molecule is CC(NCc1cccc2[nH]ccc12)c1nccs1. The van der Waals surface area contributed by atoms with Crippen LogP contribution >= 0.6 is 11.3 Å². The van der Waals surface area contributed by atoms with Crippen molar-refractivity contribution in [1.29, 1.82) is 0 Å². The molecule has 1 aromatic carbocycles. The second kappa shape index (κ2) is 4.92. The molecule has 2 aromatic heterocycles. The Morgan fingerprint density at radius 2 is 2.33 bits per heavy atom. The lowest BCUT2D eigenvalue weighted by atomic mass is 10.1. The molecule has 0 saturated carbocycles. The van der Waals surface area contributed by atoms with Crippen LogP contribution in [0, 0.1) is 0 Å². The van der Waals surface area contributed by atoms with Gasteiger partial charge in [0.05, 0.1) is 6.04 Å². The number of hydrogen-bond donors (Lipinski definition) is 2. The minimum Gasteiger partial charge on any atom is -0.361 e. The zero-order chi connectivity index (χ0) is 12.4. The molecular weight excluding hydrogens is 242 g/mol. The first-order valence-corrected chi connectivity index (χ1v) is 6.90. The first-order valence-electron chi connectivity index (χ1n) is 6.02. The lowest BCUT2D eigenvalue weighted by molar-refractivity contribution is 0.573. The highest BCUT2D eigenvalue weighted by Gasteiger charge is 2.08. The molecule has 0 fully saturated rings. The van der Waals surface area contributed by atoms with Gasteiger partial charge < -0.3 is 10.3 Å². The van der Waals surface area contributed by atoms with Crippen LogP contribution in [-0.2, 0) is 6.54 Å². The zero-order valence-electron chi connectivity index (χ0n) is 10.2. The van der Waals surface area contributed by atoms with E-state index in [1.807, 2.05) is 17.8 Å². The lowest BCUT2D eigenvalue weighted by Crippen LogP contribution is -2.17. The van der Waals surface area contributed by atoms with Gasteiger partial charge in [0.15, 0.2) is 0 Å². The molecule has 0 radical (unpaired) electrons. The summed E-state index contributed by atoms with van der Waals surface area (Å²) in [7, 11) is 0. The average Bonchev–Trinajstić information content (AvgIpc) is 3.05. The van der Waals surface area contributed by atoms with Crippen molar-refractivity contribution >= 4 is 22.2 Å². The van der Waals surface area contributed by atoms with Crippen LogP contribution in [0.1, 0.15) is 23.5 Å². The van der Waals surface area contributed by atoms with E-state index in [1.165, 1.54) is 16.5 Å². The van der Waals surface area contributed by atoms with Crippen molar-refractivity contribution in [3.63, 3.8) is 0 Å². The number of H-pyrrole nitrogens is 1. The smallest absolute Gasteiger partial charge is 0.109 e. The van der Waals surface area contributed by atoms with Crippen LogP contribution in [0.5, 0.6) is 0 Å². The van der Waals surface area contributed by atoms with Gasteiger partial charge >= 0.3 is 0 Å². The molecule has 3 nitrogen and oxygen atoms in total. The van der Waals surface area contributed by atoms with E-state index in [9.17, 15) is 0 Å². The van der Waals surface area contributed by atoms with E-state index in [0.29, 0.717) is 6.04 Å². The molecule has 0 saturated heterocycles. The first kappa shape index (κ1) is 11.4. The van der Waals surface area contributed by atoms with Gasteiger partial charge in [-0.05, 0) is 24.6 Å². The lowest BCUT2D eigenvalue weighted by Gasteiger charge is -2.11. The van der Waals surface area contributed by atoms with Crippen molar-refractivity contribution in [3.05, 3.63) is 52.6 Å². The summed E-state index contributed by atoms with van der Waals surface area (Å²) in [5.41, 5.74) is 2.51. The van der Waals surface area contributed by atoms with E-state index in [4.69, 9.17) is 0 Å². The summed E-state index contributed by atoms with van der Waals surface area (Å²) in [5.74, 6) is 0. The summed E-state index contributed by atoms with van der Waals surface area (Å²) in [6.45, 7) is 3.01. The number of fused-ring (bicyclic) bond motifs is 1. The van der Waals surface area contributed by atoms with Crippen molar-refractivity contribution in [2.45, 2.75) is 19.5 Å². The van der Waals surface area contributed by atoms with E-state index in [2.05, 4.69) is 46.5 Å². The number of aromatic amines is 1. The molecule has 2 N–H and O–H groups in total. The van der Waals surface area contributed by atoms with Crippen molar-refractivity contribution in [3.8, 4) is 0 Å². The van der Waals surface area contributed by atoms with Crippen molar-refractivity contribution in [2.75, 3.05) is 0 Å². The third kappa shape index (κ3) is 2.17. The maximum absolute atomic E-state index is 4.33. The largest absolute Gasteiger partial charge is 0.361 e. The number of rotatable bonds is 4. The van der Waals surface area contributed by atoms with E-state index in [1.54, 1.807) is 11.3 Å². The molecule has 0 amide bonds. The minimum absolute atomic E-state index is 0.291. The third-order valence-corrected chi connectivity index (χ3v) is 4.06. The van der Waals surface area contributed by atoms with Gasteiger partial charge in [0, 0.05) is 35.2 Å². The van der Waals surface area contributed by atoms with Crippen molar-refractivity contribution in [1.82, 2.24) is 15.3 Å². The maximum atomic E-state index is 4.33. The molecule has 3 aromatic rings. The number of thiazole rings is 1. The Hall–Kier alpha value is -1.65. The van der Waals surface area contributed by atoms with Gasteiger partial charge in [0.1, 0.15) is 5.01 Å². The number of aromatic nitrogens is 2. The fourth-order valence-electron chi connectivity index (χ4n) is 2.10. The highest BCUT2D eigenvalue weighted by molar-refractivity contribution is 7.09. The molecule has 2 heterocycles. The molecule has 1 atom stereocenters. The molecule has 18 heavy (non-hydrogen) atoms. The summed E-state index contributed by atoms with van der Waals surface area (Å²) in [4.78, 5) is 7.57. The topological polar surface area (TPSA) is 40.7 Å². The average molecular weight is 257 g/mol. The number of benzene rings is 1. The Bertz CT molecular complexity index is 627. The Kier molecular flexibility index (Phi) is 3.13. The molecular formula is C14H15N3S. The van der Waals surface area contributed by atoms with Crippen molar-refractivity contribution < 1.29 is 0 Å². The summed E-state index contributed by atoms with van der Waals surface area (Å²) in [6, 6.07) is 8.77. The van der Waals surface area contributed by atoms with Crippen LogP contribution in [-0.4, -0.2) is 9.97 Å². The van der Waals surface area contributed by atoms with Crippen LogP contribution in [0.3, 0.4) is 0 Å². The fourth-order valence-corrected chi connectivity index (χ4v) is 2.77.